The average Bonchev–Trinajstić information content (AvgIpc) is 2.82. The predicted molar refractivity (Wildman–Crippen MR) is 91.9 cm³/mol. The fraction of sp³-hybridized carbons (Fsp3) is 0.667. The van der Waals surface area contributed by atoms with Crippen molar-refractivity contribution in [3.8, 4) is 0 Å². The first-order valence-electron chi connectivity index (χ1n) is 7.33. The van der Waals surface area contributed by atoms with Gasteiger partial charge in [-0.1, -0.05) is 13.8 Å². The second kappa shape index (κ2) is 5.69. The van der Waals surface area contributed by atoms with Crippen LogP contribution >= 0.6 is 27.3 Å². The van der Waals surface area contributed by atoms with E-state index in [-0.39, 0.29) is 22.6 Å². The Kier molecular flexibility index (Phi) is 4.29. The smallest absolute Gasteiger partial charge is 0.311 e. The van der Waals surface area contributed by atoms with Crippen LogP contribution < -0.4 is 4.72 Å². The summed E-state index contributed by atoms with van der Waals surface area (Å²) < 4.78 is 22.1. The Morgan fingerprint density at radius 2 is 2.23 bits per heavy atom. The molecule has 1 aliphatic carbocycles. The third kappa shape index (κ3) is 2.92. The Bertz CT molecular complexity index is 630. The van der Waals surface area contributed by atoms with Gasteiger partial charge in [0.05, 0.1) is 34.3 Å². The molecule has 1 aromatic rings. The lowest BCUT2D eigenvalue weighted by Gasteiger charge is -2.33. The second-order valence-electron chi connectivity index (χ2n) is 6.92. The van der Waals surface area contributed by atoms with E-state index in [1.165, 1.54) is 0 Å². The number of hydrogen-bond donors (Lipinski definition) is 1. The molecule has 1 N–H and O–H groups in total. The molecule has 1 saturated carbocycles. The maximum absolute atomic E-state index is 12.7. The SMILES string of the molecule is CC1(C)C[C@H]1S(=O)N[C@](C)(c1cc(Br)cs1)C1CCOC1=O. The normalized spacial score (nSPS) is 30.6. The molecule has 2 heterocycles. The Morgan fingerprint density at radius 1 is 1.55 bits per heavy atom. The van der Waals surface area contributed by atoms with Crippen molar-refractivity contribution >= 4 is 44.2 Å². The van der Waals surface area contributed by atoms with Crippen LogP contribution in [-0.2, 0) is 26.1 Å². The standard InChI is InChI=1S/C15H20BrNO3S2/c1-14(2)7-12(14)22(19)17-15(3,10-4-5-20-13(10)18)11-6-9(16)8-21-11/h6,8,10,12,17H,4-5,7H2,1-3H3/t10?,12-,15+,22?/m1/s1. The van der Waals surface area contributed by atoms with Gasteiger partial charge in [0.2, 0.25) is 0 Å². The molecule has 122 valence electrons. The molecule has 7 heteroatoms. The predicted octanol–water partition coefficient (Wildman–Crippen LogP) is 3.34. The molecule has 3 rings (SSSR count). The van der Waals surface area contributed by atoms with Crippen LogP contribution in [0.15, 0.2) is 15.9 Å². The maximum Gasteiger partial charge on any atom is 0.311 e. The van der Waals surface area contributed by atoms with E-state index in [1.807, 2.05) is 18.4 Å². The van der Waals surface area contributed by atoms with Crippen LogP contribution in [0.4, 0.5) is 0 Å². The lowest BCUT2D eigenvalue weighted by atomic mass is 9.84. The zero-order valence-electron chi connectivity index (χ0n) is 12.8. The molecule has 22 heavy (non-hydrogen) atoms. The topological polar surface area (TPSA) is 55.4 Å². The van der Waals surface area contributed by atoms with Crippen molar-refractivity contribution in [3.05, 3.63) is 20.8 Å². The minimum atomic E-state index is -1.17. The molecule has 2 unspecified atom stereocenters. The molecule has 4 nitrogen and oxygen atoms in total. The Balaban J connectivity index is 1.89. The fourth-order valence-corrected chi connectivity index (χ4v) is 6.60. The van der Waals surface area contributed by atoms with E-state index in [4.69, 9.17) is 4.74 Å². The van der Waals surface area contributed by atoms with E-state index in [0.29, 0.717) is 13.0 Å². The summed E-state index contributed by atoms with van der Waals surface area (Å²) in [6.07, 6.45) is 1.61. The summed E-state index contributed by atoms with van der Waals surface area (Å²) >= 11 is 5.03. The molecule has 0 bridgehead atoms. The first-order chi connectivity index (χ1) is 10.2. The average molecular weight is 406 g/mol. The minimum Gasteiger partial charge on any atom is -0.465 e. The molecular formula is C15H20BrNO3S2. The highest BCUT2D eigenvalue weighted by molar-refractivity contribution is 9.10. The summed E-state index contributed by atoms with van der Waals surface area (Å²) in [7, 11) is -1.17. The van der Waals surface area contributed by atoms with Gasteiger partial charge in [-0.15, -0.1) is 11.3 Å². The van der Waals surface area contributed by atoms with Crippen molar-refractivity contribution in [2.45, 2.75) is 44.4 Å². The summed E-state index contributed by atoms with van der Waals surface area (Å²) in [5, 5.41) is 2.13. The summed E-state index contributed by atoms with van der Waals surface area (Å²) in [5.41, 5.74) is -0.543. The molecule has 1 saturated heterocycles. The molecule has 1 aliphatic heterocycles. The van der Waals surface area contributed by atoms with Crippen LogP contribution in [0.2, 0.25) is 0 Å². The number of halogens is 1. The van der Waals surface area contributed by atoms with Crippen LogP contribution in [0.1, 0.15) is 38.5 Å². The highest BCUT2D eigenvalue weighted by Gasteiger charge is 2.53. The first-order valence-corrected chi connectivity index (χ1v) is 10.2. The third-order valence-electron chi connectivity index (χ3n) is 4.71. The maximum atomic E-state index is 12.7. The Labute approximate surface area is 145 Å². The van der Waals surface area contributed by atoms with Gasteiger partial charge in [0.15, 0.2) is 0 Å². The molecule has 1 aromatic heterocycles. The second-order valence-corrected chi connectivity index (χ2v) is 10.1. The molecule has 0 aromatic carbocycles. The van der Waals surface area contributed by atoms with E-state index >= 15 is 0 Å². The summed E-state index contributed by atoms with van der Waals surface area (Å²) in [6, 6.07) is 2.00. The van der Waals surface area contributed by atoms with Gasteiger partial charge in [0, 0.05) is 14.7 Å². The summed E-state index contributed by atoms with van der Waals surface area (Å²) in [5.74, 6) is -0.504. The zero-order valence-corrected chi connectivity index (χ0v) is 16.1. The van der Waals surface area contributed by atoms with Gasteiger partial charge in [-0.05, 0) is 47.2 Å². The lowest BCUT2D eigenvalue weighted by molar-refractivity contribution is -0.143. The van der Waals surface area contributed by atoms with Crippen molar-refractivity contribution in [3.63, 3.8) is 0 Å². The summed E-state index contributed by atoms with van der Waals surface area (Å²) in [4.78, 5) is 13.1. The number of thiophene rings is 1. The Hall–Kier alpha value is -0.240. The Morgan fingerprint density at radius 3 is 2.68 bits per heavy atom. The number of hydrogen-bond acceptors (Lipinski definition) is 4. The van der Waals surface area contributed by atoms with Crippen molar-refractivity contribution in [2.75, 3.05) is 6.61 Å². The molecular weight excluding hydrogens is 386 g/mol. The molecule has 0 spiro atoms. The van der Waals surface area contributed by atoms with Crippen molar-refractivity contribution in [2.24, 2.45) is 11.3 Å². The van der Waals surface area contributed by atoms with Crippen LogP contribution in [0.3, 0.4) is 0 Å². The number of esters is 1. The number of nitrogens with one attached hydrogen (secondary N) is 1. The van der Waals surface area contributed by atoms with Crippen molar-refractivity contribution in [1.29, 1.82) is 0 Å². The minimum absolute atomic E-state index is 0.116. The molecule has 4 atom stereocenters. The highest BCUT2D eigenvalue weighted by Crippen LogP contribution is 2.49. The molecule has 2 aliphatic rings. The van der Waals surface area contributed by atoms with Crippen LogP contribution in [0.5, 0.6) is 0 Å². The monoisotopic (exact) mass is 405 g/mol. The van der Waals surface area contributed by atoms with E-state index in [1.54, 1.807) is 11.3 Å². The number of carbonyl (C=O) groups is 1. The largest absolute Gasteiger partial charge is 0.465 e. The van der Waals surface area contributed by atoms with Crippen LogP contribution in [0.25, 0.3) is 0 Å². The van der Waals surface area contributed by atoms with Gasteiger partial charge >= 0.3 is 5.97 Å². The molecule has 0 amide bonds. The molecule has 0 radical (unpaired) electrons. The number of ether oxygens (including phenoxy) is 1. The van der Waals surface area contributed by atoms with Gasteiger partial charge in [-0.2, -0.15) is 0 Å². The van der Waals surface area contributed by atoms with Crippen molar-refractivity contribution in [1.82, 2.24) is 4.72 Å². The van der Waals surface area contributed by atoms with Gasteiger partial charge in [-0.25, -0.2) is 8.93 Å². The quantitative estimate of drug-likeness (QED) is 0.764. The lowest BCUT2D eigenvalue weighted by Crippen LogP contribution is -2.49. The van der Waals surface area contributed by atoms with Crippen molar-refractivity contribution < 1.29 is 13.7 Å². The number of rotatable bonds is 5. The van der Waals surface area contributed by atoms with E-state index in [2.05, 4.69) is 34.5 Å². The third-order valence-corrected chi connectivity index (χ3v) is 8.58. The van der Waals surface area contributed by atoms with Gasteiger partial charge in [0.1, 0.15) is 0 Å². The highest BCUT2D eigenvalue weighted by atomic mass is 79.9. The first kappa shape index (κ1) is 16.6. The van der Waals surface area contributed by atoms with Gasteiger partial charge in [0.25, 0.3) is 0 Å². The number of carbonyl (C=O) groups excluding carboxylic acids is 1. The van der Waals surface area contributed by atoms with E-state index in [9.17, 15) is 9.00 Å². The van der Waals surface area contributed by atoms with Gasteiger partial charge < -0.3 is 4.74 Å². The van der Waals surface area contributed by atoms with Crippen LogP contribution in [-0.4, -0.2) is 22.0 Å². The van der Waals surface area contributed by atoms with E-state index in [0.717, 1.165) is 15.8 Å². The van der Waals surface area contributed by atoms with Gasteiger partial charge in [-0.3, -0.25) is 4.79 Å². The van der Waals surface area contributed by atoms with Crippen LogP contribution in [0, 0.1) is 11.3 Å². The fourth-order valence-electron chi connectivity index (χ4n) is 2.96. The van der Waals surface area contributed by atoms with E-state index < -0.39 is 16.5 Å². The summed E-state index contributed by atoms with van der Waals surface area (Å²) in [6.45, 7) is 6.66. The number of cyclic esters (lactones) is 1. The zero-order chi connectivity index (χ0) is 16.1. The molecule has 2 fully saturated rings.